The van der Waals surface area contributed by atoms with Gasteiger partial charge in [0, 0.05) is 5.69 Å². The van der Waals surface area contributed by atoms with Crippen molar-refractivity contribution in [2.45, 2.75) is 18.7 Å². The number of nitrogens with one attached hydrogen (secondary N) is 1. The number of pyridine rings is 1. The molecule has 2 aromatic rings. The maximum Gasteiger partial charge on any atom is 0.262 e. The highest BCUT2D eigenvalue weighted by molar-refractivity contribution is 7.92. The third-order valence-electron chi connectivity index (χ3n) is 2.76. The quantitative estimate of drug-likeness (QED) is 0.939. The standard InChI is InChI=1S/C14H13N3O2S/c1-10-7-12(8-15)4-6-14(10)20(18,19)17-13-5-3-11(2)16-9-13/h3-7,9,17H,1-2H3. The van der Waals surface area contributed by atoms with Crippen LogP contribution in [0.15, 0.2) is 41.4 Å². The molecule has 0 unspecified atom stereocenters. The van der Waals surface area contributed by atoms with E-state index in [1.807, 2.05) is 13.0 Å². The summed E-state index contributed by atoms with van der Waals surface area (Å²) >= 11 is 0. The Bertz CT molecular complexity index is 775. The van der Waals surface area contributed by atoms with Gasteiger partial charge in [0.05, 0.1) is 28.4 Å². The summed E-state index contributed by atoms with van der Waals surface area (Å²) in [5.74, 6) is 0. The zero-order chi connectivity index (χ0) is 14.8. The molecule has 6 heteroatoms. The molecule has 2 rings (SSSR count). The highest BCUT2D eigenvalue weighted by atomic mass is 32.2. The summed E-state index contributed by atoms with van der Waals surface area (Å²) in [6, 6.07) is 9.81. The molecule has 1 aromatic carbocycles. The smallest absolute Gasteiger partial charge is 0.262 e. The molecule has 0 radical (unpaired) electrons. The Labute approximate surface area is 118 Å². The molecule has 20 heavy (non-hydrogen) atoms. The zero-order valence-electron chi connectivity index (χ0n) is 11.1. The number of hydrogen-bond acceptors (Lipinski definition) is 4. The third kappa shape index (κ3) is 2.95. The van der Waals surface area contributed by atoms with Crippen LogP contribution in [0.5, 0.6) is 0 Å². The Balaban J connectivity index is 2.36. The molecule has 0 aliphatic rings. The van der Waals surface area contributed by atoms with Gasteiger partial charge in [-0.15, -0.1) is 0 Å². The summed E-state index contributed by atoms with van der Waals surface area (Å²) in [5.41, 5.74) is 2.16. The predicted octanol–water partition coefficient (Wildman–Crippen LogP) is 2.37. The van der Waals surface area contributed by atoms with Crippen LogP contribution in [0.25, 0.3) is 0 Å². The maximum atomic E-state index is 12.3. The number of nitriles is 1. The normalized spacial score (nSPS) is 10.8. The molecule has 0 aliphatic carbocycles. The molecule has 5 nitrogen and oxygen atoms in total. The number of aryl methyl sites for hydroxylation is 2. The van der Waals surface area contributed by atoms with Crippen LogP contribution in [0, 0.1) is 25.2 Å². The average Bonchev–Trinajstić information content (AvgIpc) is 2.40. The van der Waals surface area contributed by atoms with Gasteiger partial charge in [-0.2, -0.15) is 5.26 Å². The lowest BCUT2D eigenvalue weighted by Crippen LogP contribution is -2.14. The number of sulfonamides is 1. The van der Waals surface area contributed by atoms with Crippen LogP contribution in [-0.4, -0.2) is 13.4 Å². The van der Waals surface area contributed by atoms with E-state index in [0.717, 1.165) is 5.69 Å². The van der Waals surface area contributed by atoms with E-state index in [1.54, 1.807) is 25.1 Å². The maximum absolute atomic E-state index is 12.3. The lowest BCUT2D eigenvalue weighted by atomic mass is 10.2. The van der Waals surface area contributed by atoms with E-state index in [9.17, 15) is 8.42 Å². The Morgan fingerprint density at radius 3 is 2.50 bits per heavy atom. The van der Waals surface area contributed by atoms with E-state index < -0.39 is 10.0 Å². The molecule has 0 aliphatic heterocycles. The highest BCUT2D eigenvalue weighted by Crippen LogP contribution is 2.20. The van der Waals surface area contributed by atoms with Crippen LogP contribution >= 0.6 is 0 Å². The van der Waals surface area contributed by atoms with Crippen LogP contribution in [0.4, 0.5) is 5.69 Å². The van der Waals surface area contributed by atoms with Gasteiger partial charge < -0.3 is 0 Å². The zero-order valence-corrected chi connectivity index (χ0v) is 11.9. The fourth-order valence-corrected chi connectivity index (χ4v) is 3.03. The first kappa shape index (κ1) is 14.0. The molecule has 0 atom stereocenters. The first-order valence-corrected chi connectivity index (χ1v) is 7.37. The van der Waals surface area contributed by atoms with Crippen LogP contribution < -0.4 is 4.72 Å². The van der Waals surface area contributed by atoms with Crippen LogP contribution in [0.3, 0.4) is 0 Å². The highest BCUT2D eigenvalue weighted by Gasteiger charge is 2.17. The summed E-state index contributed by atoms with van der Waals surface area (Å²) in [6.45, 7) is 3.48. The summed E-state index contributed by atoms with van der Waals surface area (Å²) in [4.78, 5) is 4.19. The van der Waals surface area contributed by atoms with Gasteiger partial charge in [0.15, 0.2) is 0 Å². The number of benzene rings is 1. The SMILES string of the molecule is Cc1ccc(NS(=O)(=O)c2ccc(C#N)cc2C)cn1. The largest absolute Gasteiger partial charge is 0.278 e. The summed E-state index contributed by atoms with van der Waals surface area (Å²) < 4.78 is 27.0. The first-order valence-electron chi connectivity index (χ1n) is 5.88. The van der Waals surface area contributed by atoms with Crippen molar-refractivity contribution in [1.29, 1.82) is 5.26 Å². The van der Waals surface area contributed by atoms with Crippen molar-refractivity contribution in [2.75, 3.05) is 4.72 Å². The minimum Gasteiger partial charge on any atom is -0.278 e. The molecule has 0 saturated heterocycles. The van der Waals surface area contributed by atoms with Gasteiger partial charge in [-0.05, 0) is 49.7 Å². The second-order valence-corrected chi connectivity index (χ2v) is 6.04. The Hall–Kier alpha value is -2.39. The molecular formula is C14H13N3O2S. The molecule has 0 saturated carbocycles. The molecule has 1 heterocycles. The van der Waals surface area contributed by atoms with Crippen molar-refractivity contribution < 1.29 is 8.42 Å². The summed E-state index contributed by atoms with van der Waals surface area (Å²) in [6.07, 6.45) is 1.46. The molecule has 0 amide bonds. The predicted molar refractivity (Wildman–Crippen MR) is 75.7 cm³/mol. The number of hydrogen-bond donors (Lipinski definition) is 1. The van der Waals surface area contributed by atoms with E-state index in [4.69, 9.17) is 5.26 Å². The van der Waals surface area contributed by atoms with E-state index in [2.05, 4.69) is 9.71 Å². The fraction of sp³-hybridized carbons (Fsp3) is 0.143. The Morgan fingerprint density at radius 1 is 1.20 bits per heavy atom. The van der Waals surface area contributed by atoms with Gasteiger partial charge in [-0.1, -0.05) is 0 Å². The molecule has 1 aromatic heterocycles. The van der Waals surface area contributed by atoms with Gasteiger partial charge in [0.25, 0.3) is 10.0 Å². The molecular weight excluding hydrogens is 274 g/mol. The van der Waals surface area contributed by atoms with Crippen molar-refractivity contribution in [3.05, 3.63) is 53.3 Å². The summed E-state index contributed by atoms with van der Waals surface area (Å²) in [5, 5.41) is 8.79. The van der Waals surface area contributed by atoms with Gasteiger partial charge in [-0.3, -0.25) is 9.71 Å². The topological polar surface area (TPSA) is 82.9 Å². The van der Waals surface area contributed by atoms with Crippen molar-refractivity contribution in [3.8, 4) is 6.07 Å². The molecule has 0 bridgehead atoms. The van der Waals surface area contributed by atoms with Crippen LogP contribution in [0.1, 0.15) is 16.8 Å². The van der Waals surface area contributed by atoms with Gasteiger partial charge in [0.2, 0.25) is 0 Å². The number of nitrogens with zero attached hydrogens (tertiary/aromatic N) is 2. The summed E-state index contributed by atoms with van der Waals surface area (Å²) in [7, 11) is -3.68. The van der Waals surface area contributed by atoms with Gasteiger partial charge in [0.1, 0.15) is 0 Å². The van der Waals surface area contributed by atoms with Gasteiger partial charge in [-0.25, -0.2) is 8.42 Å². The molecule has 0 fully saturated rings. The van der Waals surface area contributed by atoms with Crippen molar-refractivity contribution in [2.24, 2.45) is 0 Å². The van der Waals surface area contributed by atoms with E-state index in [1.165, 1.54) is 18.3 Å². The van der Waals surface area contributed by atoms with E-state index in [-0.39, 0.29) is 4.90 Å². The molecule has 0 spiro atoms. The van der Waals surface area contributed by atoms with Crippen molar-refractivity contribution in [1.82, 2.24) is 4.98 Å². The minimum atomic E-state index is -3.68. The Morgan fingerprint density at radius 2 is 1.95 bits per heavy atom. The first-order chi connectivity index (χ1) is 9.42. The molecule has 102 valence electrons. The second kappa shape index (κ2) is 5.31. The van der Waals surface area contributed by atoms with Crippen molar-refractivity contribution in [3.63, 3.8) is 0 Å². The van der Waals surface area contributed by atoms with Crippen LogP contribution in [0.2, 0.25) is 0 Å². The number of aromatic nitrogens is 1. The number of anilines is 1. The van der Waals surface area contributed by atoms with E-state index in [0.29, 0.717) is 16.8 Å². The molecule has 1 N–H and O–H groups in total. The minimum absolute atomic E-state index is 0.150. The number of rotatable bonds is 3. The van der Waals surface area contributed by atoms with E-state index >= 15 is 0 Å². The lowest BCUT2D eigenvalue weighted by molar-refractivity contribution is 0.600. The third-order valence-corrected chi connectivity index (χ3v) is 4.30. The monoisotopic (exact) mass is 287 g/mol. The van der Waals surface area contributed by atoms with Crippen LogP contribution in [-0.2, 0) is 10.0 Å². The Kier molecular flexibility index (Phi) is 3.72. The average molecular weight is 287 g/mol. The van der Waals surface area contributed by atoms with Gasteiger partial charge >= 0.3 is 0 Å². The van der Waals surface area contributed by atoms with Crippen molar-refractivity contribution >= 4 is 15.7 Å². The lowest BCUT2D eigenvalue weighted by Gasteiger charge is -2.10. The fourth-order valence-electron chi connectivity index (χ4n) is 1.76. The second-order valence-electron chi connectivity index (χ2n) is 4.39.